The highest BCUT2D eigenvalue weighted by Gasteiger charge is 2.25. The fraction of sp³-hybridized carbons (Fsp3) is 0.667. The minimum absolute atomic E-state index is 0.238. The van der Waals surface area contributed by atoms with E-state index in [0.717, 1.165) is 31.1 Å². The first-order valence-corrected chi connectivity index (χ1v) is 7.38. The van der Waals surface area contributed by atoms with Gasteiger partial charge in [0.2, 0.25) is 0 Å². The van der Waals surface area contributed by atoms with Crippen molar-refractivity contribution in [3.8, 4) is 0 Å². The van der Waals surface area contributed by atoms with E-state index in [0.29, 0.717) is 10.9 Å². The van der Waals surface area contributed by atoms with Gasteiger partial charge in [-0.1, -0.05) is 22.9 Å². The van der Waals surface area contributed by atoms with Gasteiger partial charge in [0.1, 0.15) is 0 Å². The molecule has 1 aromatic rings. The van der Waals surface area contributed by atoms with Crippen LogP contribution in [0.2, 0.25) is 5.15 Å². The molecule has 0 saturated carbocycles. The highest BCUT2D eigenvalue weighted by molar-refractivity contribution is 7.18. The summed E-state index contributed by atoms with van der Waals surface area (Å²) in [4.78, 5) is 20.6. The number of anilines is 1. The summed E-state index contributed by atoms with van der Waals surface area (Å²) in [5.41, 5.74) is 0. The van der Waals surface area contributed by atoms with E-state index in [1.807, 2.05) is 0 Å². The van der Waals surface area contributed by atoms with E-state index < -0.39 is 5.97 Å². The molecular formula is C12H18ClN3O2S. The van der Waals surface area contributed by atoms with Crippen LogP contribution in [-0.2, 0) is 4.74 Å². The minimum atomic E-state index is -0.420. The molecule has 0 atom stereocenters. The van der Waals surface area contributed by atoms with Gasteiger partial charge in [-0.15, -0.1) is 0 Å². The number of hydrogen-bond donors (Lipinski definition) is 0. The monoisotopic (exact) mass is 303 g/mol. The van der Waals surface area contributed by atoms with Crippen LogP contribution in [0.25, 0.3) is 0 Å². The van der Waals surface area contributed by atoms with E-state index in [2.05, 4.69) is 33.6 Å². The first kappa shape index (κ1) is 14.6. The van der Waals surface area contributed by atoms with Crippen LogP contribution in [-0.4, -0.2) is 56.2 Å². The fourth-order valence-corrected chi connectivity index (χ4v) is 3.47. The number of aromatic nitrogens is 1. The van der Waals surface area contributed by atoms with Crippen LogP contribution >= 0.6 is 22.9 Å². The fourth-order valence-electron chi connectivity index (χ4n) is 2.22. The molecule has 1 aliphatic rings. The molecule has 1 fully saturated rings. The zero-order valence-corrected chi connectivity index (χ0v) is 12.9. The number of rotatable bonds is 3. The quantitative estimate of drug-likeness (QED) is 0.800. The van der Waals surface area contributed by atoms with Crippen molar-refractivity contribution < 1.29 is 9.53 Å². The highest BCUT2D eigenvalue weighted by Crippen LogP contribution is 2.32. The highest BCUT2D eigenvalue weighted by atomic mass is 35.5. The molecule has 0 unspecified atom stereocenters. The maximum atomic E-state index is 11.5. The number of nitrogens with zero attached hydrogens (tertiary/aromatic N) is 3. The van der Waals surface area contributed by atoms with Crippen molar-refractivity contribution in [2.24, 2.45) is 0 Å². The van der Waals surface area contributed by atoms with Crippen molar-refractivity contribution in [3.63, 3.8) is 0 Å². The third-order valence-corrected chi connectivity index (χ3v) is 4.89. The molecule has 0 aromatic carbocycles. The molecule has 0 aliphatic carbocycles. The second-order valence-corrected chi connectivity index (χ2v) is 6.13. The van der Waals surface area contributed by atoms with E-state index in [9.17, 15) is 4.79 Å². The number of carbonyl (C=O) groups is 1. The first-order chi connectivity index (χ1) is 9.02. The molecule has 0 spiro atoms. The zero-order chi connectivity index (χ0) is 14.0. The molecule has 0 radical (unpaired) electrons. The Morgan fingerprint density at radius 1 is 1.47 bits per heavy atom. The van der Waals surface area contributed by atoms with Gasteiger partial charge < -0.3 is 14.5 Å². The van der Waals surface area contributed by atoms with Gasteiger partial charge in [0.15, 0.2) is 15.2 Å². The van der Waals surface area contributed by atoms with Gasteiger partial charge in [-0.05, 0) is 26.9 Å². The minimum Gasteiger partial charge on any atom is -0.465 e. The SMILES string of the molecule is COC(=O)c1sc(N2CCC(N(C)C)CC2)nc1Cl. The van der Waals surface area contributed by atoms with Gasteiger partial charge in [0, 0.05) is 19.1 Å². The lowest BCUT2D eigenvalue weighted by atomic mass is 10.0. The average Bonchev–Trinajstić information content (AvgIpc) is 2.80. The van der Waals surface area contributed by atoms with Crippen molar-refractivity contribution >= 4 is 34.0 Å². The summed E-state index contributed by atoms with van der Waals surface area (Å²) in [6.07, 6.45) is 2.19. The molecule has 2 rings (SSSR count). The molecule has 0 N–H and O–H groups in total. The van der Waals surface area contributed by atoms with E-state index in [4.69, 9.17) is 11.6 Å². The predicted molar refractivity (Wildman–Crippen MR) is 77.4 cm³/mol. The van der Waals surface area contributed by atoms with Crippen molar-refractivity contribution in [2.45, 2.75) is 18.9 Å². The van der Waals surface area contributed by atoms with Crippen LogP contribution in [0.4, 0.5) is 5.13 Å². The summed E-state index contributed by atoms with van der Waals surface area (Å²) in [7, 11) is 5.56. The number of esters is 1. The summed E-state index contributed by atoms with van der Waals surface area (Å²) in [6.45, 7) is 1.88. The van der Waals surface area contributed by atoms with Gasteiger partial charge >= 0.3 is 5.97 Å². The Hall–Kier alpha value is -0.850. The van der Waals surface area contributed by atoms with Gasteiger partial charge in [-0.3, -0.25) is 0 Å². The summed E-state index contributed by atoms with van der Waals surface area (Å²) in [6, 6.07) is 0.617. The number of halogens is 1. The number of carbonyl (C=O) groups excluding carboxylic acids is 1. The van der Waals surface area contributed by atoms with Crippen LogP contribution in [0.1, 0.15) is 22.5 Å². The van der Waals surface area contributed by atoms with Crippen LogP contribution in [0.5, 0.6) is 0 Å². The normalized spacial score (nSPS) is 17.0. The van der Waals surface area contributed by atoms with Gasteiger partial charge in [-0.25, -0.2) is 9.78 Å². The summed E-state index contributed by atoms with van der Waals surface area (Å²) < 4.78 is 4.69. The smallest absolute Gasteiger partial charge is 0.351 e. The second kappa shape index (κ2) is 6.07. The average molecular weight is 304 g/mol. The third-order valence-electron chi connectivity index (χ3n) is 3.41. The lowest BCUT2D eigenvalue weighted by Crippen LogP contribution is -2.41. The molecule has 0 amide bonds. The number of ether oxygens (including phenoxy) is 1. The molecule has 1 aromatic heterocycles. The molecule has 19 heavy (non-hydrogen) atoms. The maximum Gasteiger partial charge on any atom is 0.351 e. The summed E-state index contributed by atoms with van der Waals surface area (Å²) in [5, 5.41) is 1.05. The van der Waals surface area contributed by atoms with E-state index in [-0.39, 0.29) is 5.15 Å². The van der Waals surface area contributed by atoms with Crippen molar-refractivity contribution in [2.75, 3.05) is 39.2 Å². The predicted octanol–water partition coefficient (Wildman–Crippen LogP) is 2.11. The number of piperidine rings is 1. The van der Waals surface area contributed by atoms with Gasteiger partial charge in [-0.2, -0.15) is 0 Å². The Bertz CT molecular complexity index is 456. The Morgan fingerprint density at radius 3 is 2.63 bits per heavy atom. The number of methoxy groups -OCH3 is 1. The largest absolute Gasteiger partial charge is 0.465 e. The van der Waals surface area contributed by atoms with Crippen LogP contribution in [0.15, 0.2) is 0 Å². The lowest BCUT2D eigenvalue weighted by molar-refractivity contribution is 0.0606. The molecule has 5 nitrogen and oxygen atoms in total. The summed E-state index contributed by atoms with van der Waals surface area (Å²) >= 11 is 7.28. The van der Waals surface area contributed by atoms with Crippen LogP contribution in [0, 0.1) is 0 Å². The maximum absolute atomic E-state index is 11.5. The zero-order valence-electron chi connectivity index (χ0n) is 11.4. The summed E-state index contributed by atoms with van der Waals surface area (Å²) in [5.74, 6) is -0.420. The Morgan fingerprint density at radius 2 is 2.11 bits per heavy atom. The molecule has 1 aliphatic heterocycles. The van der Waals surface area contributed by atoms with Crippen molar-refractivity contribution in [1.82, 2.24) is 9.88 Å². The van der Waals surface area contributed by atoms with E-state index >= 15 is 0 Å². The third kappa shape index (κ3) is 3.19. The molecule has 0 bridgehead atoms. The Labute approximate surface area is 122 Å². The molecule has 106 valence electrons. The topological polar surface area (TPSA) is 45.7 Å². The van der Waals surface area contributed by atoms with Crippen LogP contribution < -0.4 is 4.90 Å². The number of hydrogen-bond acceptors (Lipinski definition) is 6. The van der Waals surface area contributed by atoms with E-state index in [1.165, 1.54) is 18.4 Å². The standard InChI is InChI=1S/C12H18ClN3O2S/c1-15(2)8-4-6-16(7-5-8)12-14-10(13)9(19-12)11(17)18-3/h8H,4-7H2,1-3H3. The van der Waals surface area contributed by atoms with Crippen LogP contribution in [0.3, 0.4) is 0 Å². The first-order valence-electron chi connectivity index (χ1n) is 6.19. The Balaban J connectivity index is 2.06. The molecule has 7 heteroatoms. The Kier molecular flexibility index (Phi) is 4.65. The second-order valence-electron chi connectivity index (χ2n) is 4.79. The molecule has 2 heterocycles. The van der Waals surface area contributed by atoms with Crippen molar-refractivity contribution in [1.29, 1.82) is 0 Å². The van der Waals surface area contributed by atoms with Gasteiger partial charge in [0.05, 0.1) is 7.11 Å². The molecule has 1 saturated heterocycles. The van der Waals surface area contributed by atoms with Crippen molar-refractivity contribution in [3.05, 3.63) is 10.0 Å². The van der Waals surface area contributed by atoms with E-state index in [1.54, 1.807) is 0 Å². The number of thiazole rings is 1. The molecular weight excluding hydrogens is 286 g/mol. The van der Waals surface area contributed by atoms with Gasteiger partial charge in [0.25, 0.3) is 0 Å². The lowest BCUT2D eigenvalue weighted by Gasteiger charge is -2.34.